The molecule has 7 nitrogen and oxygen atoms in total. The van der Waals surface area contributed by atoms with Crippen LogP contribution in [0.4, 0.5) is 18.9 Å². The number of carbonyl (C=O) groups is 2. The Bertz CT molecular complexity index is 1890. The van der Waals surface area contributed by atoms with Crippen molar-refractivity contribution in [3.8, 4) is 16.9 Å². The molecule has 3 aromatic carbocycles. The smallest absolute Gasteiger partial charge is 0.417 e. The number of fused-ring (bicyclic) bond motifs is 2. The van der Waals surface area contributed by atoms with Crippen molar-refractivity contribution < 1.29 is 27.5 Å². The second-order valence-electron chi connectivity index (χ2n) is 10.8. The molecule has 228 valence electrons. The van der Waals surface area contributed by atoms with Crippen LogP contribution in [0.3, 0.4) is 0 Å². The highest BCUT2D eigenvalue weighted by atomic mass is 19.4. The van der Waals surface area contributed by atoms with Crippen molar-refractivity contribution in [1.82, 2.24) is 14.5 Å². The van der Waals surface area contributed by atoms with E-state index in [1.807, 2.05) is 47.0 Å². The van der Waals surface area contributed by atoms with Gasteiger partial charge in [0.15, 0.2) is 0 Å². The van der Waals surface area contributed by atoms with Gasteiger partial charge in [-0.3, -0.25) is 14.6 Å². The SMILES string of the molecule is COc1cc(C(=O)N2Cc3ccc(C(=O)N(C)Cc4cccnc4)n3Cc3ccccc32)ccc1-c1ccccc1C(F)(F)F. The van der Waals surface area contributed by atoms with Crippen LogP contribution in [0, 0.1) is 0 Å². The zero-order valence-corrected chi connectivity index (χ0v) is 24.6. The first-order valence-electron chi connectivity index (χ1n) is 14.2. The largest absolute Gasteiger partial charge is 0.496 e. The first-order chi connectivity index (χ1) is 21.7. The van der Waals surface area contributed by atoms with Gasteiger partial charge in [0.2, 0.25) is 0 Å². The van der Waals surface area contributed by atoms with Gasteiger partial charge >= 0.3 is 6.18 Å². The Morgan fingerprint density at radius 1 is 0.911 bits per heavy atom. The van der Waals surface area contributed by atoms with E-state index in [-0.39, 0.29) is 40.8 Å². The third-order valence-corrected chi connectivity index (χ3v) is 7.93. The van der Waals surface area contributed by atoms with Gasteiger partial charge in [0, 0.05) is 48.5 Å². The van der Waals surface area contributed by atoms with Gasteiger partial charge in [0.25, 0.3) is 11.8 Å². The summed E-state index contributed by atoms with van der Waals surface area (Å²) >= 11 is 0. The van der Waals surface area contributed by atoms with Crippen LogP contribution < -0.4 is 9.64 Å². The van der Waals surface area contributed by atoms with Crippen molar-refractivity contribution in [3.05, 3.63) is 137 Å². The van der Waals surface area contributed by atoms with Gasteiger partial charge in [-0.05, 0) is 65.2 Å². The minimum atomic E-state index is -4.56. The van der Waals surface area contributed by atoms with Crippen molar-refractivity contribution >= 4 is 17.5 Å². The van der Waals surface area contributed by atoms with Crippen LogP contribution in [0.1, 0.15) is 43.2 Å². The molecule has 0 spiro atoms. The Morgan fingerprint density at radius 3 is 2.44 bits per heavy atom. The van der Waals surface area contributed by atoms with Gasteiger partial charge in [-0.2, -0.15) is 13.2 Å². The Hall–Kier alpha value is -5.38. The molecule has 0 saturated carbocycles. The molecule has 3 heterocycles. The molecule has 0 aliphatic carbocycles. The molecule has 45 heavy (non-hydrogen) atoms. The van der Waals surface area contributed by atoms with Crippen molar-refractivity contribution in [2.75, 3.05) is 19.1 Å². The lowest BCUT2D eigenvalue weighted by Crippen LogP contribution is -2.31. The number of para-hydroxylation sites is 1. The van der Waals surface area contributed by atoms with E-state index < -0.39 is 11.7 Å². The maximum absolute atomic E-state index is 14.1. The van der Waals surface area contributed by atoms with Crippen LogP contribution in [0.15, 0.2) is 103 Å². The number of methoxy groups -OCH3 is 1. The average Bonchev–Trinajstić information content (AvgIpc) is 3.36. The predicted octanol–water partition coefficient (Wildman–Crippen LogP) is 7.06. The Balaban J connectivity index is 1.34. The minimum absolute atomic E-state index is 0.0375. The minimum Gasteiger partial charge on any atom is -0.496 e. The number of ether oxygens (including phenoxy) is 1. The van der Waals surface area contributed by atoms with Crippen LogP contribution in [0.2, 0.25) is 0 Å². The summed E-state index contributed by atoms with van der Waals surface area (Å²) < 4.78 is 48.8. The molecule has 10 heteroatoms. The fraction of sp³-hybridized carbons (Fsp3) is 0.171. The van der Waals surface area contributed by atoms with Crippen molar-refractivity contribution in [1.29, 1.82) is 0 Å². The summed E-state index contributed by atoms with van der Waals surface area (Å²) in [5.41, 5.74) is 3.33. The Labute approximate surface area is 258 Å². The van der Waals surface area contributed by atoms with E-state index in [2.05, 4.69) is 4.98 Å². The van der Waals surface area contributed by atoms with Crippen LogP contribution >= 0.6 is 0 Å². The monoisotopic (exact) mass is 610 g/mol. The molecule has 2 aromatic heterocycles. The molecule has 1 aliphatic heterocycles. The maximum atomic E-state index is 14.1. The molecule has 0 atom stereocenters. The Kier molecular flexibility index (Phi) is 7.88. The number of nitrogens with zero attached hydrogens (tertiary/aromatic N) is 4. The number of amides is 2. The van der Waals surface area contributed by atoms with Crippen molar-refractivity contribution in [3.63, 3.8) is 0 Å². The molecule has 6 rings (SSSR count). The molecule has 0 bridgehead atoms. The third-order valence-electron chi connectivity index (χ3n) is 7.93. The van der Waals surface area contributed by atoms with Gasteiger partial charge < -0.3 is 19.1 Å². The van der Waals surface area contributed by atoms with E-state index in [9.17, 15) is 22.8 Å². The number of benzene rings is 3. The molecule has 0 N–H and O–H groups in total. The predicted molar refractivity (Wildman–Crippen MR) is 164 cm³/mol. The molecule has 0 unspecified atom stereocenters. The van der Waals surface area contributed by atoms with E-state index in [0.29, 0.717) is 24.5 Å². The molecular formula is C35H29F3N4O3. The van der Waals surface area contributed by atoms with Crippen molar-refractivity contribution in [2.45, 2.75) is 25.8 Å². The highest BCUT2D eigenvalue weighted by Gasteiger charge is 2.34. The average molecular weight is 611 g/mol. The number of aromatic nitrogens is 2. The lowest BCUT2D eigenvalue weighted by atomic mass is 9.97. The van der Waals surface area contributed by atoms with E-state index in [1.165, 1.54) is 43.5 Å². The van der Waals surface area contributed by atoms with E-state index in [0.717, 1.165) is 22.9 Å². The number of hydrogen-bond acceptors (Lipinski definition) is 4. The normalized spacial score (nSPS) is 12.6. The lowest BCUT2D eigenvalue weighted by Gasteiger charge is -2.23. The summed E-state index contributed by atoms with van der Waals surface area (Å²) in [7, 11) is 3.10. The number of alkyl halides is 3. The number of pyridine rings is 1. The highest BCUT2D eigenvalue weighted by molar-refractivity contribution is 6.07. The summed E-state index contributed by atoms with van der Waals surface area (Å²) in [5, 5.41) is 0. The second-order valence-corrected chi connectivity index (χ2v) is 10.8. The van der Waals surface area contributed by atoms with Gasteiger partial charge in [0.1, 0.15) is 11.4 Å². The summed E-state index contributed by atoms with van der Waals surface area (Å²) in [5.74, 6) is -0.372. The first-order valence-corrected chi connectivity index (χ1v) is 14.2. The van der Waals surface area contributed by atoms with Gasteiger partial charge in [0.05, 0.1) is 25.8 Å². The lowest BCUT2D eigenvalue weighted by molar-refractivity contribution is -0.137. The third kappa shape index (κ3) is 5.78. The number of halogens is 3. The fourth-order valence-corrected chi connectivity index (χ4v) is 5.73. The van der Waals surface area contributed by atoms with E-state index >= 15 is 0 Å². The summed E-state index contributed by atoms with van der Waals surface area (Å²) in [4.78, 5) is 35.1. The van der Waals surface area contributed by atoms with Gasteiger partial charge in [-0.15, -0.1) is 0 Å². The summed E-state index contributed by atoms with van der Waals surface area (Å²) in [6, 6.07) is 24.6. The van der Waals surface area contributed by atoms with Crippen molar-refractivity contribution in [2.24, 2.45) is 0 Å². The topological polar surface area (TPSA) is 67.7 Å². The molecule has 5 aromatic rings. The molecule has 0 fully saturated rings. The number of anilines is 1. The number of carbonyl (C=O) groups excluding carboxylic acids is 2. The molecule has 0 saturated heterocycles. The summed E-state index contributed by atoms with van der Waals surface area (Å²) in [6.07, 6.45) is -1.16. The quantitative estimate of drug-likeness (QED) is 0.207. The summed E-state index contributed by atoms with van der Waals surface area (Å²) in [6.45, 7) is 0.941. The molecule has 1 aliphatic rings. The van der Waals surface area contributed by atoms with Crippen LogP contribution in [0.25, 0.3) is 11.1 Å². The second kappa shape index (κ2) is 12.0. The van der Waals surface area contributed by atoms with Crippen LogP contribution in [-0.4, -0.2) is 40.4 Å². The number of rotatable bonds is 6. The van der Waals surface area contributed by atoms with Gasteiger partial charge in [-0.25, -0.2) is 0 Å². The van der Waals surface area contributed by atoms with Gasteiger partial charge in [-0.1, -0.05) is 42.5 Å². The van der Waals surface area contributed by atoms with Crippen LogP contribution in [0.5, 0.6) is 5.75 Å². The molecule has 0 radical (unpaired) electrons. The zero-order chi connectivity index (χ0) is 31.7. The maximum Gasteiger partial charge on any atom is 0.417 e. The van der Waals surface area contributed by atoms with E-state index in [1.54, 1.807) is 35.3 Å². The fourth-order valence-electron chi connectivity index (χ4n) is 5.73. The molecular weight excluding hydrogens is 581 g/mol. The highest BCUT2D eigenvalue weighted by Crippen LogP contribution is 2.41. The van der Waals surface area contributed by atoms with E-state index in [4.69, 9.17) is 4.74 Å². The zero-order valence-electron chi connectivity index (χ0n) is 24.6. The Morgan fingerprint density at radius 2 is 1.69 bits per heavy atom. The molecule has 2 amide bonds. The number of hydrogen-bond donors (Lipinski definition) is 0. The first kappa shape index (κ1) is 29.7. The van der Waals surface area contributed by atoms with Crippen LogP contribution in [-0.2, 0) is 25.8 Å². The standard InChI is InChI=1S/C35H29F3N4O3/c1-40(20-23-8-7-17-39-19-23)34(44)31-16-14-26-22-42(30-12-6-3-9-25(30)21-41(26)31)33(43)24-13-15-28(32(18-24)45-2)27-10-4-5-11-29(27)35(36,37)38/h3-19H,20-22H2,1-2H3.